The van der Waals surface area contributed by atoms with Crippen LogP contribution in [0.2, 0.25) is 0 Å². The van der Waals surface area contributed by atoms with Crippen LogP contribution in [-0.4, -0.2) is 16.1 Å². The zero-order valence-electron chi connectivity index (χ0n) is 11.8. The summed E-state index contributed by atoms with van der Waals surface area (Å²) in [6.45, 7) is 3.59. The molecule has 1 aromatic carbocycles. The van der Waals surface area contributed by atoms with Crippen molar-refractivity contribution in [2.24, 2.45) is 0 Å². The fourth-order valence-electron chi connectivity index (χ4n) is 1.58. The van der Waals surface area contributed by atoms with Gasteiger partial charge in [0.15, 0.2) is 4.34 Å². The van der Waals surface area contributed by atoms with Crippen LogP contribution in [0, 0.1) is 6.92 Å². The van der Waals surface area contributed by atoms with Crippen LogP contribution < -0.4 is 5.32 Å². The Morgan fingerprint density at radius 1 is 1.32 bits per heavy atom. The number of rotatable bonds is 4. The van der Waals surface area contributed by atoms with E-state index in [1.54, 1.807) is 6.92 Å². The lowest BCUT2D eigenvalue weighted by Gasteiger charge is -2.11. The summed E-state index contributed by atoms with van der Waals surface area (Å²) >= 11 is 2.77. The van der Waals surface area contributed by atoms with E-state index in [0.29, 0.717) is 5.69 Å². The first-order valence-electron chi connectivity index (χ1n) is 6.32. The number of carbonyl (C=O) groups is 1. The van der Waals surface area contributed by atoms with Gasteiger partial charge in [0.05, 0.1) is 10.8 Å². The number of hydrogen-bond acceptors (Lipinski definition) is 4. The average Bonchev–Trinajstić information content (AvgIpc) is 2.83. The molecule has 2 rings (SSSR count). The zero-order chi connectivity index (χ0) is 16.3. The molecule has 1 atom stereocenters. The third-order valence-electron chi connectivity index (χ3n) is 2.72. The van der Waals surface area contributed by atoms with Crippen molar-refractivity contribution >= 4 is 34.7 Å². The molecule has 0 fully saturated rings. The molecular weight excluding hydrogens is 333 g/mol. The quantitative estimate of drug-likeness (QED) is 0.824. The lowest BCUT2D eigenvalue weighted by molar-refractivity contribution is -0.137. The van der Waals surface area contributed by atoms with Crippen LogP contribution in [-0.2, 0) is 11.0 Å². The van der Waals surface area contributed by atoms with Gasteiger partial charge in [0.1, 0.15) is 0 Å². The molecule has 1 amide bonds. The Bertz CT molecular complexity index is 653. The number of amides is 1. The highest BCUT2D eigenvalue weighted by atomic mass is 32.2. The van der Waals surface area contributed by atoms with E-state index in [2.05, 4.69) is 10.3 Å². The maximum Gasteiger partial charge on any atom is 0.416 e. The van der Waals surface area contributed by atoms with Gasteiger partial charge in [-0.1, -0.05) is 11.8 Å². The van der Waals surface area contributed by atoms with E-state index in [1.807, 2.05) is 12.3 Å². The van der Waals surface area contributed by atoms with Crippen molar-refractivity contribution in [1.82, 2.24) is 4.98 Å². The number of alkyl halides is 3. The lowest BCUT2D eigenvalue weighted by atomic mass is 10.2. The first kappa shape index (κ1) is 16.8. The molecule has 118 valence electrons. The third-order valence-corrected chi connectivity index (χ3v) is 4.91. The van der Waals surface area contributed by atoms with E-state index in [4.69, 9.17) is 0 Å². The van der Waals surface area contributed by atoms with Crippen molar-refractivity contribution in [2.45, 2.75) is 29.6 Å². The number of thiazole rings is 1. The van der Waals surface area contributed by atoms with Crippen molar-refractivity contribution in [3.8, 4) is 0 Å². The second-order valence-electron chi connectivity index (χ2n) is 4.58. The maximum atomic E-state index is 12.5. The molecule has 0 saturated heterocycles. The van der Waals surface area contributed by atoms with Gasteiger partial charge in [0, 0.05) is 16.8 Å². The van der Waals surface area contributed by atoms with Gasteiger partial charge in [-0.05, 0) is 38.1 Å². The van der Waals surface area contributed by atoms with Crippen LogP contribution in [0.3, 0.4) is 0 Å². The van der Waals surface area contributed by atoms with E-state index in [9.17, 15) is 18.0 Å². The number of anilines is 1. The molecule has 0 bridgehead atoms. The van der Waals surface area contributed by atoms with E-state index in [1.165, 1.54) is 35.2 Å². The van der Waals surface area contributed by atoms with Crippen LogP contribution in [0.1, 0.15) is 18.2 Å². The SMILES string of the molecule is Cc1csc(SC(C)C(=O)Nc2ccc(C(F)(F)F)cc2)n1. The Balaban J connectivity index is 1.96. The van der Waals surface area contributed by atoms with Crippen molar-refractivity contribution in [2.75, 3.05) is 5.32 Å². The van der Waals surface area contributed by atoms with Crippen LogP contribution in [0.25, 0.3) is 0 Å². The van der Waals surface area contributed by atoms with Crippen molar-refractivity contribution in [3.63, 3.8) is 0 Å². The number of aryl methyl sites for hydroxylation is 1. The lowest BCUT2D eigenvalue weighted by Crippen LogP contribution is -2.22. The highest BCUT2D eigenvalue weighted by Gasteiger charge is 2.30. The molecule has 0 aliphatic rings. The summed E-state index contributed by atoms with van der Waals surface area (Å²) in [4.78, 5) is 16.3. The number of thioether (sulfide) groups is 1. The minimum Gasteiger partial charge on any atom is -0.325 e. The second kappa shape index (κ2) is 6.70. The van der Waals surface area contributed by atoms with Gasteiger partial charge in [-0.25, -0.2) is 4.98 Å². The largest absolute Gasteiger partial charge is 0.416 e. The predicted octanol–water partition coefficient (Wildman–Crippen LogP) is 4.59. The van der Waals surface area contributed by atoms with Crippen LogP contribution in [0.15, 0.2) is 34.0 Å². The molecule has 1 heterocycles. The summed E-state index contributed by atoms with van der Waals surface area (Å²) in [5.41, 5.74) is 0.481. The molecular formula is C14H13F3N2OS2. The number of aromatic nitrogens is 1. The first-order chi connectivity index (χ1) is 10.3. The number of halogens is 3. The number of nitrogens with one attached hydrogen (secondary N) is 1. The van der Waals surface area contributed by atoms with Gasteiger partial charge >= 0.3 is 6.18 Å². The van der Waals surface area contributed by atoms with Crippen LogP contribution in [0.4, 0.5) is 18.9 Å². The van der Waals surface area contributed by atoms with Gasteiger partial charge in [-0.15, -0.1) is 11.3 Å². The molecule has 1 N–H and O–H groups in total. The number of hydrogen-bond donors (Lipinski definition) is 1. The van der Waals surface area contributed by atoms with Gasteiger partial charge in [-0.3, -0.25) is 4.79 Å². The second-order valence-corrected chi connectivity index (χ2v) is 7.03. The molecule has 1 unspecified atom stereocenters. The van der Waals surface area contributed by atoms with E-state index < -0.39 is 17.0 Å². The molecule has 3 nitrogen and oxygen atoms in total. The normalized spacial score (nSPS) is 13.0. The van der Waals surface area contributed by atoms with Crippen LogP contribution in [0.5, 0.6) is 0 Å². The molecule has 0 aliphatic carbocycles. The Morgan fingerprint density at radius 3 is 2.45 bits per heavy atom. The number of carbonyl (C=O) groups excluding carboxylic acids is 1. The van der Waals surface area contributed by atoms with Gasteiger partial charge in [0.25, 0.3) is 0 Å². The Hall–Kier alpha value is -1.54. The fraction of sp³-hybridized carbons (Fsp3) is 0.286. The molecule has 2 aromatic rings. The minimum atomic E-state index is -4.38. The van der Waals surface area contributed by atoms with Gasteiger partial charge < -0.3 is 5.32 Å². The summed E-state index contributed by atoms with van der Waals surface area (Å²) in [5, 5.41) is 4.09. The van der Waals surface area contributed by atoms with E-state index in [-0.39, 0.29) is 5.91 Å². The molecule has 22 heavy (non-hydrogen) atoms. The van der Waals surface area contributed by atoms with Gasteiger partial charge in [-0.2, -0.15) is 13.2 Å². The summed E-state index contributed by atoms with van der Waals surface area (Å²) in [6, 6.07) is 4.37. The molecule has 1 aromatic heterocycles. The van der Waals surface area contributed by atoms with Crippen LogP contribution >= 0.6 is 23.1 Å². The summed E-state index contributed by atoms with van der Waals surface area (Å²) in [6.07, 6.45) is -4.38. The van der Waals surface area contributed by atoms with Crippen molar-refractivity contribution in [3.05, 3.63) is 40.9 Å². The van der Waals surface area contributed by atoms with E-state index in [0.717, 1.165) is 22.2 Å². The molecule has 0 spiro atoms. The van der Waals surface area contributed by atoms with Gasteiger partial charge in [0.2, 0.25) is 5.91 Å². The Labute approximate surface area is 134 Å². The predicted molar refractivity (Wildman–Crippen MR) is 82.2 cm³/mol. The summed E-state index contributed by atoms with van der Waals surface area (Å²) in [7, 11) is 0. The minimum absolute atomic E-state index is 0.280. The number of benzene rings is 1. The molecule has 0 radical (unpaired) electrons. The van der Waals surface area contributed by atoms with Crippen molar-refractivity contribution in [1.29, 1.82) is 0 Å². The van der Waals surface area contributed by atoms with Crippen molar-refractivity contribution < 1.29 is 18.0 Å². The standard InChI is InChI=1S/C14H13F3N2OS2/c1-8-7-21-13(18-8)22-9(2)12(20)19-11-5-3-10(4-6-11)14(15,16)17/h3-7,9H,1-2H3,(H,19,20). The number of nitrogens with zero attached hydrogens (tertiary/aromatic N) is 1. The molecule has 0 aliphatic heterocycles. The molecule has 0 saturated carbocycles. The Morgan fingerprint density at radius 2 is 1.95 bits per heavy atom. The topological polar surface area (TPSA) is 42.0 Å². The third kappa shape index (κ3) is 4.48. The average molecular weight is 346 g/mol. The summed E-state index contributed by atoms with van der Waals surface area (Å²) < 4.78 is 38.2. The highest BCUT2D eigenvalue weighted by molar-refractivity contribution is 8.02. The summed E-state index contributed by atoms with van der Waals surface area (Å²) in [5.74, 6) is -0.280. The molecule has 8 heteroatoms. The first-order valence-corrected chi connectivity index (χ1v) is 8.08. The highest BCUT2D eigenvalue weighted by Crippen LogP contribution is 2.30. The fourth-order valence-corrected chi connectivity index (χ4v) is 3.56. The monoisotopic (exact) mass is 346 g/mol. The Kier molecular flexibility index (Phi) is 5.12. The van der Waals surface area contributed by atoms with E-state index >= 15 is 0 Å². The smallest absolute Gasteiger partial charge is 0.325 e. The zero-order valence-corrected chi connectivity index (χ0v) is 13.4. The maximum absolute atomic E-state index is 12.5.